The van der Waals surface area contributed by atoms with E-state index in [2.05, 4.69) is 36.5 Å². The predicted molar refractivity (Wildman–Crippen MR) is 93.4 cm³/mol. The summed E-state index contributed by atoms with van der Waals surface area (Å²) in [6.07, 6.45) is 3.07. The van der Waals surface area contributed by atoms with Gasteiger partial charge < -0.3 is 15.0 Å². The van der Waals surface area contributed by atoms with E-state index in [1.54, 1.807) is 0 Å². The Morgan fingerprint density at radius 3 is 2.61 bits per heavy atom. The number of hydrogen-bond donors (Lipinski definition) is 1. The van der Waals surface area contributed by atoms with E-state index < -0.39 is 5.60 Å². The zero-order chi connectivity index (χ0) is 16.9. The maximum Gasteiger partial charge on any atom is 0.410 e. The van der Waals surface area contributed by atoms with Crippen LogP contribution in [0, 0.1) is 0 Å². The Bertz CT molecular complexity index is 496. The van der Waals surface area contributed by atoms with Crippen molar-refractivity contribution in [2.75, 3.05) is 13.1 Å². The zero-order valence-corrected chi connectivity index (χ0v) is 14.8. The molecule has 128 valence electrons. The zero-order valence-electron chi connectivity index (χ0n) is 14.8. The van der Waals surface area contributed by atoms with Gasteiger partial charge in [-0.3, -0.25) is 0 Å². The third-order valence-electron chi connectivity index (χ3n) is 4.11. The lowest BCUT2D eigenvalue weighted by molar-refractivity contribution is 0.0242. The van der Waals surface area contributed by atoms with Crippen LogP contribution in [0.3, 0.4) is 0 Å². The molecule has 1 aliphatic heterocycles. The maximum absolute atomic E-state index is 12.3. The molecule has 2 rings (SSSR count). The fourth-order valence-electron chi connectivity index (χ4n) is 2.96. The van der Waals surface area contributed by atoms with Crippen molar-refractivity contribution in [2.24, 2.45) is 0 Å². The van der Waals surface area contributed by atoms with Gasteiger partial charge in [0.05, 0.1) is 0 Å². The molecule has 4 nitrogen and oxygen atoms in total. The number of carbonyl (C=O) groups is 1. The minimum atomic E-state index is -0.441. The molecular weight excluding hydrogens is 288 g/mol. The molecular formula is C19H30N2O2. The van der Waals surface area contributed by atoms with E-state index in [1.807, 2.05) is 31.7 Å². The molecule has 2 unspecified atom stereocenters. The molecule has 4 heteroatoms. The van der Waals surface area contributed by atoms with Gasteiger partial charge >= 0.3 is 6.09 Å². The molecule has 1 N–H and O–H groups in total. The number of rotatable bonds is 3. The highest BCUT2D eigenvalue weighted by molar-refractivity contribution is 5.68. The Balaban J connectivity index is 1.95. The Hall–Kier alpha value is -1.55. The number of carbonyl (C=O) groups excluding carboxylic acids is 1. The van der Waals surface area contributed by atoms with Gasteiger partial charge in [-0.05, 0) is 46.1 Å². The summed E-state index contributed by atoms with van der Waals surface area (Å²) >= 11 is 0. The van der Waals surface area contributed by atoms with Gasteiger partial charge in [-0.1, -0.05) is 36.8 Å². The highest BCUT2D eigenvalue weighted by atomic mass is 16.6. The fourth-order valence-corrected chi connectivity index (χ4v) is 2.96. The molecule has 1 aliphatic rings. The predicted octanol–water partition coefficient (Wildman–Crippen LogP) is 4.13. The van der Waals surface area contributed by atoms with Crippen LogP contribution >= 0.6 is 0 Å². The summed E-state index contributed by atoms with van der Waals surface area (Å²) in [4.78, 5) is 14.2. The van der Waals surface area contributed by atoms with Crippen LogP contribution < -0.4 is 5.32 Å². The summed E-state index contributed by atoms with van der Waals surface area (Å²) in [6, 6.07) is 11.0. The molecule has 1 fully saturated rings. The van der Waals surface area contributed by atoms with E-state index in [-0.39, 0.29) is 12.1 Å². The monoisotopic (exact) mass is 318 g/mol. The Labute approximate surface area is 140 Å². The number of likely N-dealkylation sites (tertiary alicyclic amines) is 1. The molecule has 0 aliphatic carbocycles. The number of hydrogen-bond acceptors (Lipinski definition) is 3. The fraction of sp³-hybridized carbons (Fsp3) is 0.632. The van der Waals surface area contributed by atoms with E-state index >= 15 is 0 Å². The van der Waals surface area contributed by atoms with Crippen LogP contribution in [0.4, 0.5) is 4.79 Å². The molecule has 0 saturated carbocycles. The average Bonchev–Trinajstić information content (AvgIpc) is 2.72. The van der Waals surface area contributed by atoms with Crippen molar-refractivity contribution < 1.29 is 9.53 Å². The van der Waals surface area contributed by atoms with Crippen molar-refractivity contribution in [3.63, 3.8) is 0 Å². The van der Waals surface area contributed by atoms with Gasteiger partial charge in [0, 0.05) is 25.2 Å². The summed E-state index contributed by atoms with van der Waals surface area (Å²) in [5.74, 6) is 0. The third-order valence-corrected chi connectivity index (χ3v) is 4.11. The van der Waals surface area contributed by atoms with Crippen molar-refractivity contribution >= 4 is 6.09 Å². The molecule has 0 radical (unpaired) electrons. The van der Waals surface area contributed by atoms with E-state index in [0.29, 0.717) is 12.6 Å². The smallest absolute Gasteiger partial charge is 0.410 e. The lowest BCUT2D eigenvalue weighted by atomic mass is 10.1. The maximum atomic E-state index is 12.3. The van der Waals surface area contributed by atoms with Gasteiger partial charge in [0.15, 0.2) is 0 Å². The SMILES string of the molecule is CC(NC1CCCCN(C(=O)OC(C)(C)C)C1)c1ccccc1. The standard InChI is InChI=1S/C19H30N2O2/c1-15(16-10-6-5-7-11-16)20-17-12-8-9-13-21(14-17)18(22)23-19(2,3)4/h5-7,10-11,15,17,20H,8-9,12-14H2,1-4H3. The molecule has 0 spiro atoms. The van der Waals surface area contributed by atoms with Gasteiger partial charge in [-0.2, -0.15) is 0 Å². The Morgan fingerprint density at radius 2 is 1.96 bits per heavy atom. The van der Waals surface area contributed by atoms with Crippen LogP contribution in [0.1, 0.15) is 58.6 Å². The van der Waals surface area contributed by atoms with E-state index in [1.165, 1.54) is 5.56 Å². The lowest BCUT2D eigenvalue weighted by Gasteiger charge is -2.30. The van der Waals surface area contributed by atoms with Crippen LogP contribution in [-0.2, 0) is 4.74 Å². The normalized spacial score (nSPS) is 20.7. The molecule has 1 amide bonds. The summed E-state index contributed by atoms with van der Waals surface area (Å²) in [5, 5.41) is 3.67. The second-order valence-electron chi connectivity index (χ2n) is 7.42. The summed E-state index contributed by atoms with van der Waals surface area (Å²) in [5.41, 5.74) is 0.837. The van der Waals surface area contributed by atoms with Crippen molar-refractivity contribution in [2.45, 2.75) is 64.6 Å². The number of nitrogens with zero attached hydrogens (tertiary/aromatic N) is 1. The number of nitrogens with one attached hydrogen (secondary N) is 1. The molecule has 1 heterocycles. The lowest BCUT2D eigenvalue weighted by Crippen LogP contribution is -2.45. The second-order valence-corrected chi connectivity index (χ2v) is 7.42. The van der Waals surface area contributed by atoms with E-state index in [0.717, 1.165) is 25.8 Å². The van der Waals surface area contributed by atoms with Crippen LogP contribution in [0.25, 0.3) is 0 Å². The van der Waals surface area contributed by atoms with Gasteiger partial charge in [0.1, 0.15) is 5.60 Å². The molecule has 1 aromatic rings. The average molecular weight is 318 g/mol. The molecule has 23 heavy (non-hydrogen) atoms. The molecule has 1 aromatic carbocycles. The quantitative estimate of drug-likeness (QED) is 0.911. The number of ether oxygens (including phenoxy) is 1. The minimum Gasteiger partial charge on any atom is -0.444 e. The molecule has 1 saturated heterocycles. The van der Waals surface area contributed by atoms with Crippen molar-refractivity contribution in [1.82, 2.24) is 10.2 Å². The van der Waals surface area contributed by atoms with Gasteiger partial charge in [0.25, 0.3) is 0 Å². The van der Waals surface area contributed by atoms with E-state index in [9.17, 15) is 4.79 Å². The Kier molecular flexibility index (Phi) is 6.05. The summed E-state index contributed by atoms with van der Waals surface area (Å²) in [7, 11) is 0. The van der Waals surface area contributed by atoms with Crippen molar-refractivity contribution in [3.05, 3.63) is 35.9 Å². The van der Waals surface area contributed by atoms with Gasteiger partial charge in [-0.25, -0.2) is 4.79 Å². The van der Waals surface area contributed by atoms with Crippen molar-refractivity contribution in [3.8, 4) is 0 Å². The largest absolute Gasteiger partial charge is 0.444 e. The van der Waals surface area contributed by atoms with Crippen molar-refractivity contribution in [1.29, 1.82) is 0 Å². The summed E-state index contributed by atoms with van der Waals surface area (Å²) in [6.45, 7) is 9.42. The van der Waals surface area contributed by atoms with E-state index in [4.69, 9.17) is 4.74 Å². The number of benzene rings is 1. The first-order valence-electron chi connectivity index (χ1n) is 8.64. The molecule has 0 aromatic heterocycles. The minimum absolute atomic E-state index is 0.196. The number of amides is 1. The first-order valence-corrected chi connectivity index (χ1v) is 8.64. The third kappa shape index (κ3) is 5.87. The summed E-state index contributed by atoms with van der Waals surface area (Å²) < 4.78 is 5.53. The van der Waals surface area contributed by atoms with Gasteiger partial charge in [-0.15, -0.1) is 0 Å². The first-order chi connectivity index (χ1) is 10.8. The highest BCUT2D eigenvalue weighted by Gasteiger charge is 2.27. The molecule has 2 atom stereocenters. The van der Waals surface area contributed by atoms with Crippen LogP contribution in [0.2, 0.25) is 0 Å². The highest BCUT2D eigenvalue weighted by Crippen LogP contribution is 2.18. The first kappa shape index (κ1) is 17.8. The topological polar surface area (TPSA) is 41.6 Å². The molecule has 0 bridgehead atoms. The van der Waals surface area contributed by atoms with Crippen LogP contribution in [0.15, 0.2) is 30.3 Å². The van der Waals surface area contributed by atoms with Gasteiger partial charge in [0.2, 0.25) is 0 Å². The van der Waals surface area contributed by atoms with Crippen LogP contribution in [0.5, 0.6) is 0 Å². The van der Waals surface area contributed by atoms with Crippen LogP contribution in [-0.4, -0.2) is 35.7 Å². The Morgan fingerprint density at radius 1 is 1.26 bits per heavy atom. The second kappa shape index (κ2) is 7.82.